The van der Waals surface area contributed by atoms with Crippen LogP contribution in [0.1, 0.15) is 22.2 Å². The Kier molecular flexibility index (Phi) is 4.22. The third-order valence-electron chi connectivity index (χ3n) is 2.85. The minimum Gasteiger partial charge on any atom is -0.379 e. The molecule has 1 atom stereocenters. The fourth-order valence-corrected chi connectivity index (χ4v) is 2.82. The summed E-state index contributed by atoms with van der Waals surface area (Å²) >= 11 is 0.599. The first-order chi connectivity index (χ1) is 10.00. The fraction of sp³-hybridized carbons (Fsp3) is 0.308. The number of thiazole rings is 1. The van der Waals surface area contributed by atoms with Crippen molar-refractivity contribution in [1.29, 1.82) is 0 Å². The predicted molar refractivity (Wildman–Crippen MR) is 68.3 cm³/mol. The summed E-state index contributed by atoms with van der Waals surface area (Å²) in [6, 6.07) is 3.91. The predicted octanol–water partition coefficient (Wildman–Crippen LogP) is 4.73. The molecule has 0 fully saturated rings. The van der Waals surface area contributed by atoms with Crippen LogP contribution in [-0.4, -0.2) is 16.3 Å². The lowest BCUT2D eigenvalue weighted by Gasteiger charge is -2.12. The molecule has 1 heterocycles. The summed E-state index contributed by atoms with van der Waals surface area (Å²) in [6.07, 6.45) is -12.0. The van der Waals surface area contributed by atoms with Crippen LogP contribution in [0.2, 0.25) is 0 Å². The van der Waals surface area contributed by atoms with E-state index in [1.165, 1.54) is 6.92 Å². The highest BCUT2D eigenvalue weighted by molar-refractivity contribution is 7.15. The van der Waals surface area contributed by atoms with Gasteiger partial charge in [0.1, 0.15) is 5.01 Å². The van der Waals surface area contributed by atoms with E-state index in [0.717, 1.165) is 24.3 Å². The van der Waals surface area contributed by atoms with Crippen molar-refractivity contribution in [2.45, 2.75) is 25.4 Å². The molecular formula is C13H9F6NOS. The maximum atomic E-state index is 12.5. The summed E-state index contributed by atoms with van der Waals surface area (Å²) < 4.78 is 74.9. The summed E-state index contributed by atoms with van der Waals surface area (Å²) in [5.74, 6) is 0. The summed E-state index contributed by atoms with van der Waals surface area (Å²) in [6.45, 7) is 1.30. The van der Waals surface area contributed by atoms with Gasteiger partial charge in [-0.25, -0.2) is 4.98 Å². The highest BCUT2D eigenvalue weighted by atomic mass is 32.1. The second-order valence-corrected chi connectivity index (χ2v) is 5.52. The number of alkyl halides is 6. The topological polar surface area (TPSA) is 33.1 Å². The molecule has 1 aromatic heterocycles. The van der Waals surface area contributed by atoms with Crippen LogP contribution in [-0.2, 0) is 6.18 Å². The number of aromatic nitrogens is 1. The van der Waals surface area contributed by atoms with Gasteiger partial charge in [0.25, 0.3) is 0 Å². The SMILES string of the molecule is Cc1nc(-c2ccc(C(F)(F)F)cc2)sc1C(O)C(F)(F)F. The molecule has 0 saturated heterocycles. The molecule has 0 saturated carbocycles. The van der Waals surface area contributed by atoms with E-state index in [9.17, 15) is 31.4 Å². The first-order valence-electron chi connectivity index (χ1n) is 5.90. The van der Waals surface area contributed by atoms with Crippen LogP contribution in [0, 0.1) is 6.92 Å². The molecule has 2 nitrogen and oxygen atoms in total. The van der Waals surface area contributed by atoms with Gasteiger partial charge in [0.2, 0.25) is 0 Å². The van der Waals surface area contributed by atoms with Crippen LogP contribution in [0.3, 0.4) is 0 Å². The van der Waals surface area contributed by atoms with Gasteiger partial charge in [0.15, 0.2) is 6.10 Å². The highest BCUT2D eigenvalue weighted by Gasteiger charge is 2.41. The zero-order valence-electron chi connectivity index (χ0n) is 11.0. The van der Waals surface area contributed by atoms with Crippen molar-refractivity contribution < 1.29 is 31.4 Å². The fourth-order valence-electron chi connectivity index (χ4n) is 1.74. The Labute approximate surface area is 125 Å². The lowest BCUT2D eigenvalue weighted by atomic mass is 10.1. The summed E-state index contributed by atoms with van der Waals surface area (Å²) in [5, 5.41) is 9.36. The molecule has 0 bridgehead atoms. The van der Waals surface area contributed by atoms with Gasteiger partial charge in [-0.05, 0) is 19.1 Å². The Morgan fingerprint density at radius 1 is 1.05 bits per heavy atom. The van der Waals surface area contributed by atoms with E-state index >= 15 is 0 Å². The Hall–Kier alpha value is -1.61. The number of benzene rings is 1. The molecule has 0 aliphatic rings. The maximum absolute atomic E-state index is 12.5. The van der Waals surface area contributed by atoms with Crippen LogP contribution < -0.4 is 0 Å². The molecule has 0 aliphatic heterocycles. The number of aryl methyl sites for hydroxylation is 1. The van der Waals surface area contributed by atoms with Crippen LogP contribution in [0.25, 0.3) is 10.6 Å². The highest BCUT2D eigenvalue weighted by Crippen LogP contribution is 2.40. The van der Waals surface area contributed by atoms with Gasteiger partial charge in [0.05, 0.1) is 16.1 Å². The quantitative estimate of drug-likeness (QED) is 0.801. The number of hydrogen-bond donors (Lipinski definition) is 1. The van der Waals surface area contributed by atoms with Crippen molar-refractivity contribution in [2.24, 2.45) is 0 Å². The van der Waals surface area contributed by atoms with Gasteiger partial charge in [-0.2, -0.15) is 26.3 Å². The second kappa shape index (κ2) is 5.54. The Morgan fingerprint density at radius 3 is 2.05 bits per heavy atom. The van der Waals surface area contributed by atoms with E-state index in [4.69, 9.17) is 0 Å². The normalized spacial score (nSPS) is 14.2. The van der Waals surface area contributed by atoms with Gasteiger partial charge in [-0.3, -0.25) is 0 Å². The van der Waals surface area contributed by atoms with E-state index in [1.54, 1.807) is 0 Å². The summed E-state index contributed by atoms with van der Waals surface area (Å²) in [7, 11) is 0. The molecule has 0 radical (unpaired) electrons. The third-order valence-corrected chi connectivity index (χ3v) is 4.11. The number of aliphatic hydroxyl groups is 1. The molecule has 1 unspecified atom stereocenters. The van der Waals surface area contributed by atoms with Crippen LogP contribution >= 0.6 is 11.3 Å². The molecule has 1 N–H and O–H groups in total. The largest absolute Gasteiger partial charge is 0.419 e. The van der Waals surface area contributed by atoms with Crippen LogP contribution in [0.5, 0.6) is 0 Å². The maximum Gasteiger partial charge on any atom is 0.419 e. The van der Waals surface area contributed by atoms with E-state index in [1.807, 2.05) is 0 Å². The molecule has 2 rings (SSSR count). The molecule has 22 heavy (non-hydrogen) atoms. The molecule has 2 aromatic rings. The summed E-state index contributed by atoms with van der Waals surface area (Å²) in [4.78, 5) is 3.51. The first-order valence-corrected chi connectivity index (χ1v) is 6.71. The van der Waals surface area contributed by atoms with Crippen molar-refractivity contribution in [2.75, 3.05) is 0 Å². The van der Waals surface area contributed by atoms with Crippen molar-refractivity contribution >= 4 is 11.3 Å². The molecule has 0 aliphatic carbocycles. The number of aliphatic hydroxyl groups excluding tert-OH is 1. The zero-order chi connectivity index (χ0) is 16.7. The Bertz CT molecular complexity index is 659. The van der Waals surface area contributed by atoms with E-state index in [0.29, 0.717) is 11.3 Å². The molecule has 0 spiro atoms. The average Bonchev–Trinajstić information content (AvgIpc) is 2.78. The van der Waals surface area contributed by atoms with Crippen LogP contribution in [0.15, 0.2) is 24.3 Å². The van der Waals surface area contributed by atoms with Crippen molar-refractivity contribution in [3.63, 3.8) is 0 Å². The van der Waals surface area contributed by atoms with Crippen molar-refractivity contribution in [1.82, 2.24) is 4.98 Å². The zero-order valence-corrected chi connectivity index (χ0v) is 11.8. The lowest BCUT2D eigenvalue weighted by Crippen LogP contribution is -2.19. The lowest BCUT2D eigenvalue weighted by molar-refractivity contribution is -0.205. The van der Waals surface area contributed by atoms with Gasteiger partial charge in [0, 0.05) is 5.56 Å². The molecule has 0 amide bonds. The molecule has 9 heteroatoms. The van der Waals surface area contributed by atoms with Gasteiger partial charge in [-0.1, -0.05) is 12.1 Å². The number of nitrogens with zero attached hydrogens (tertiary/aromatic N) is 1. The first kappa shape index (κ1) is 16.8. The van der Waals surface area contributed by atoms with E-state index < -0.39 is 24.0 Å². The van der Waals surface area contributed by atoms with Gasteiger partial charge < -0.3 is 5.11 Å². The Balaban J connectivity index is 2.35. The second-order valence-electron chi connectivity index (χ2n) is 4.49. The Morgan fingerprint density at radius 2 is 1.59 bits per heavy atom. The minimum atomic E-state index is -4.82. The molecule has 1 aromatic carbocycles. The van der Waals surface area contributed by atoms with E-state index in [2.05, 4.69) is 4.98 Å². The smallest absolute Gasteiger partial charge is 0.379 e. The molecule has 120 valence electrons. The van der Waals surface area contributed by atoms with Gasteiger partial charge >= 0.3 is 12.4 Å². The molecular weight excluding hydrogens is 332 g/mol. The minimum absolute atomic E-state index is 0.00952. The van der Waals surface area contributed by atoms with E-state index in [-0.39, 0.29) is 21.1 Å². The van der Waals surface area contributed by atoms with Crippen LogP contribution in [0.4, 0.5) is 26.3 Å². The number of halogens is 6. The number of hydrogen-bond acceptors (Lipinski definition) is 3. The number of rotatable bonds is 2. The third kappa shape index (κ3) is 3.41. The monoisotopic (exact) mass is 341 g/mol. The van der Waals surface area contributed by atoms with Gasteiger partial charge in [-0.15, -0.1) is 11.3 Å². The van der Waals surface area contributed by atoms with Crippen molar-refractivity contribution in [3.8, 4) is 10.6 Å². The standard InChI is InChI=1S/C13H9F6NOS/c1-6-9(10(21)13(17,18)19)22-11(20-6)7-2-4-8(5-3-7)12(14,15)16/h2-5,10,21H,1H3. The average molecular weight is 341 g/mol. The van der Waals surface area contributed by atoms with Crippen molar-refractivity contribution in [3.05, 3.63) is 40.4 Å². The summed E-state index contributed by atoms with van der Waals surface area (Å²) in [5.41, 5.74) is -0.619.